The van der Waals surface area contributed by atoms with E-state index in [1.807, 2.05) is 6.92 Å². The van der Waals surface area contributed by atoms with Gasteiger partial charge in [-0.1, -0.05) is 0 Å². The Morgan fingerprint density at radius 1 is 1.60 bits per heavy atom. The van der Waals surface area contributed by atoms with E-state index in [4.69, 9.17) is 0 Å². The Kier molecular flexibility index (Phi) is 3.11. The van der Waals surface area contributed by atoms with Crippen molar-refractivity contribution < 1.29 is 5.11 Å². The molecule has 1 N–H and O–H groups in total. The molecule has 1 fully saturated rings. The van der Waals surface area contributed by atoms with Crippen molar-refractivity contribution in [1.82, 2.24) is 9.97 Å². The minimum atomic E-state index is -0.591. The summed E-state index contributed by atoms with van der Waals surface area (Å²) < 4.78 is 1.04. The van der Waals surface area contributed by atoms with Crippen LogP contribution in [0.4, 0.5) is 5.82 Å². The molecule has 1 aliphatic rings. The topological polar surface area (TPSA) is 49.2 Å². The molecule has 0 saturated carbocycles. The Morgan fingerprint density at radius 3 is 3.07 bits per heavy atom. The number of anilines is 1. The fourth-order valence-electron chi connectivity index (χ4n) is 1.94. The molecule has 0 aliphatic carbocycles. The largest absolute Gasteiger partial charge is 0.388 e. The molecule has 82 valence electrons. The standard InChI is InChI=1S/C10H14IN3O/c1-10(15)3-2-4-14(6-10)9-8(11)5-12-7-13-9/h5,7,15H,2-4,6H2,1H3. The summed E-state index contributed by atoms with van der Waals surface area (Å²) in [6.07, 6.45) is 5.23. The highest BCUT2D eigenvalue weighted by molar-refractivity contribution is 14.1. The van der Waals surface area contributed by atoms with Crippen LogP contribution in [0.2, 0.25) is 0 Å². The molecule has 0 bridgehead atoms. The molecule has 15 heavy (non-hydrogen) atoms. The van der Waals surface area contributed by atoms with Crippen molar-refractivity contribution >= 4 is 28.4 Å². The van der Waals surface area contributed by atoms with Gasteiger partial charge in [-0.05, 0) is 42.4 Å². The summed E-state index contributed by atoms with van der Waals surface area (Å²) in [6.45, 7) is 3.50. The zero-order valence-electron chi connectivity index (χ0n) is 8.65. The lowest BCUT2D eigenvalue weighted by molar-refractivity contribution is 0.0446. The first kappa shape index (κ1) is 11.1. The van der Waals surface area contributed by atoms with Gasteiger partial charge in [0.05, 0.1) is 9.17 Å². The lowest BCUT2D eigenvalue weighted by Crippen LogP contribution is -2.46. The second-order valence-corrected chi connectivity index (χ2v) is 5.38. The monoisotopic (exact) mass is 319 g/mol. The van der Waals surface area contributed by atoms with E-state index in [1.54, 1.807) is 12.5 Å². The van der Waals surface area contributed by atoms with Gasteiger partial charge in [-0.15, -0.1) is 0 Å². The Morgan fingerprint density at radius 2 is 2.40 bits per heavy atom. The van der Waals surface area contributed by atoms with E-state index in [1.165, 1.54) is 0 Å². The van der Waals surface area contributed by atoms with E-state index in [2.05, 4.69) is 37.5 Å². The van der Waals surface area contributed by atoms with Crippen LogP contribution < -0.4 is 4.90 Å². The van der Waals surface area contributed by atoms with E-state index < -0.39 is 5.60 Å². The highest BCUT2D eigenvalue weighted by Gasteiger charge is 2.29. The maximum Gasteiger partial charge on any atom is 0.145 e. The van der Waals surface area contributed by atoms with Crippen LogP contribution in [0.5, 0.6) is 0 Å². The van der Waals surface area contributed by atoms with Gasteiger partial charge in [-0.3, -0.25) is 0 Å². The van der Waals surface area contributed by atoms with Crippen molar-refractivity contribution in [3.63, 3.8) is 0 Å². The molecule has 1 aromatic rings. The molecule has 1 aliphatic heterocycles. The highest BCUT2D eigenvalue weighted by Crippen LogP contribution is 2.26. The van der Waals surface area contributed by atoms with Crippen molar-refractivity contribution in [3.05, 3.63) is 16.1 Å². The smallest absolute Gasteiger partial charge is 0.145 e. The fraction of sp³-hybridized carbons (Fsp3) is 0.600. The molecule has 4 nitrogen and oxygen atoms in total. The van der Waals surface area contributed by atoms with Crippen LogP contribution >= 0.6 is 22.6 Å². The minimum Gasteiger partial charge on any atom is -0.388 e. The number of nitrogens with zero attached hydrogens (tertiary/aromatic N) is 3. The maximum atomic E-state index is 10.0. The summed E-state index contributed by atoms with van der Waals surface area (Å²) in [4.78, 5) is 10.4. The molecule has 0 aromatic carbocycles. The van der Waals surface area contributed by atoms with Crippen LogP contribution in [-0.2, 0) is 0 Å². The van der Waals surface area contributed by atoms with Gasteiger partial charge in [0.2, 0.25) is 0 Å². The number of halogens is 1. The van der Waals surface area contributed by atoms with Gasteiger partial charge in [0, 0.05) is 19.3 Å². The third-order valence-electron chi connectivity index (χ3n) is 2.62. The van der Waals surface area contributed by atoms with Gasteiger partial charge < -0.3 is 10.0 Å². The highest BCUT2D eigenvalue weighted by atomic mass is 127. The first-order valence-electron chi connectivity index (χ1n) is 5.01. The van der Waals surface area contributed by atoms with Crippen LogP contribution in [0.15, 0.2) is 12.5 Å². The van der Waals surface area contributed by atoms with Crippen LogP contribution in [0.25, 0.3) is 0 Å². The lowest BCUT2D eigenvalue weighted by atomic mass is 9.95. The van der Waals surface area contributed by atoms with Gasteiger partial charge in [-0.25, -0.2) is 9.97 Å². The number of aliphatic hydroxyl groups is 1. The zero-order chi connectivity index (χ0) is 10.9. The zero-order valence-corrected chi connectivity index (χ0v) is 10.8. The Bertz CT molecular complexity index is 356. The predicted molar refractivity (Wildman–Crippen MR) is 66.8 cm³/mol. The number of piperidine rings is 1. The maximum absolute atomic E-state index is 10.0. The number of aromatic nitrogens is 2. The molecule has 1 aromatic heterocycles. The van der Waals surface area contributed by atoms with Crippen LogP contribution in [-0.4, -0.2) is 33.8 Å². The number of rotatable bonds is 1. The van der Waals surface area contributed by atoms with Crippen molar-refractivity contribution in [2.45, 2.75) is 25.4 Å². The quantitative estimate of drug-likeness (QED) is 0.796. The minimum absolute atomic E-state index is 0.591. The summed E-state index contributed by atoms with van der Waals surface area (Å²) in [6, 6.07) is 0. The van der Waals surface area contributed by atoms with Gasteiger partial charge >= 0.3 is 0 Å². The van der Waals surface area contributed by atoms with Gasteiger partial charge in [0.1, 0.15) is 12.1 Å². The molecular weight excluding hydrogens is 305 g/mol. The van der Waals surface area contributed by atoms with Crippen molar-refractivity contribution in [2.24, 2.45) is 0 Å². The second-order valence-electron chi connectivity index (χ2n) is 4.22. The molecule has 0 amide bonds. The van der Waals surface area contributed by atoms with Crippen molar-refractivity contribution in [2.75, 3.05) is 18.0 Å². The Hall–Kier alpha value is -0.430. The molecule has 0 spiro atoms. The lowest BCUT2D eigenvalue weighted by Gasteiger charge is -2.37. The average Bonchev–Trinajstić information content (AvgIpc) is 2.17. The van der Waals surface area contributed by atoms with E-state index >= 15 is 0 Å². The number of hydrogen-bond acceptors (Lipinski definition) is 4. The average molecular weight is 319 g/mol. The summed E-state index contributed by atoms with van der Waals surface area (Å²) in [5, 5.41) is 10.0. The summed E-state index contributed by atoms with van der Waals surface area (Å²) in [5.74, 6) is 0.936. The molecule has 2 heterocycles. The summed E-state index contributed by atoms with van der Waals surface area (Å²) >= 11 is 2.23. The fourth-order valence-corrected chi connectivity index (χ4v) is 2.58. The van der Waals surface area contributed by atoms with Crippen LogP contribution in [0, 0.1) is 3.57 Å². The van der Waals surface area contributed by atoms with E-state index in [0.29, 0.717) is 6.54 Å². The van der Waals surface area contributed by atoms with Crippen LogP contribution in [0.1, 0.15) is 19.8 Å². The van der Waals surface area contributed by atoms with Crippen LogP contribution in [0.3, 0.4) is 0 Å². The first-order valence-corrected chi connectivity index (χ1v) is 6.09. The third-order valence-corrected chi connectivity index (χ3v) is 3.38. The second kappa shape index (κ2) is 4.21. The van der Waals surface area contributed by atoms with E-state index in [9.17, 15) is 5.11 Å². The van der Waals surface area contributed by atoms with Gasteiger partial charge in [0.25, 0.3) is 0 Å². The SMILES string of the molecule is CC1(O)CCCN(c2ncncc2I)C1. The molecule has 0 radical (unpaired) electrons. The summed E-state index contributed by atoms with van der Waals surface area (Å²) in [5.41, 5.74) is -0.591. The molecule has 1 unspecified atom stereocenters. The summed E-state index contributed by atoms with van der Waals surface area (Å²) in [7, 11) is 0. The molecule has 2 rings (SSSR count). The number of β-amino-alcohol motifs (C(OH)–C–C–N with tert-alkyl or cyclic N) is 1. The molecule has 1 saturated heterocycles. The van der Waals surface area contributed by atoms with Gasteiger partial charge in [0.15, 0.2) is 0 Å². The predicted octanol–water partition coefficient (Wildman–Crippen LogP) is 1.43. The molecular formula is C10H14IN3O. The first-order chi connectivity index (χ1) is 7.08. The van der Waals surface area contributed by atoms with Crippen molar-refractivity contribution in [3.8, 4) is 0 Å². The Labute approximate surface area is 103 Å². The molecule has 5 heteroatoms. The number of hydrogen-bond donors (Lipinski definition) is 1. The van der Waals surface area contributed by atoms with Crippen molar-refractivity contribution in [1.29, 1.82) is 0 Å². The normalized spacial score (nSPS) is 26.7. The Balaban J connectivity index is 2.21. The van der Waals surface area contributed by atoms with E-state index in [0.717, 1.165) is 28.8 Å². The third kappa shape index (κ3) is 2.57. The van der Waals surface area contributed by atoms with E-state index in [-0.39, 0.29) is 0 Å². The molecule has 1 atom stereocenters. The van der Waals surface area contributed by atoms with Gasteiger partial charge in [-0.2, -0.15) is 0 Å².